The Bertz CT molecular complexity index is 446. The van der Waals surface area contributed by atoms with Gasteiger partial charge in [-0.25, -0.2) is 0 Å². The van der Waals surface area contributed by atoms with Crippen LogP contribution in [0.25, 0.3) is 0 Å². The molecule has 0 radical (unpaired) electrons. The number of carbonyl (C=O) groups is 3. The lowest BCUT2D eigenvalue weighted by molar-refractivity contribution is -0.154. The monoisotopic (exact) mass is 400 g/mol. The Morgan fingerprint density at radius 2 is 1.14 bits per heavy atom. The molecule has 0 saturated carbocycles. The average Bonchev–Trinajstić information content (AvgIpc) is 2.54. The first-order chi connectivity index (χ1) is 13.2. The van der Waals surface area contributed by atoms with Crippen LogP contribution in [0.4, 0.5) is 0 Å². The molecule has 0 spiro atoms. The minimum absolute atomic E-state index is 0.000766. The van der Waals surface area contributed by atoms with Crippen molar-refractivity contribution in [2.75, 3.05) is 0 Å². The van der Waals surface area contributed by atoms with Crippen molar-refractivity contribution >= 4 is 17.9 Å². The van der Waals surface area contributed by atoms with Gasteiger partial charge in [0.1, 0.15) is 6.10 Å². The third-order valence-corrected chi connectivity index (χ3v) is 4.80. The molecule has 0 unspecified atom stereocenters. The maximum atomic E-state index is 11.9. The summed E-state index contributed by atoms with van der Waals surface area (Å²) in [4.78, 5) is 33.6. The van der Waals surface area contributed by atoms with Crippen LogP contribution in [0.2, 0.25) is 0 Å². The summed E-state index contributed by atoms with van der Waals surface area (Å²) in [5.41, 5.74) is 0. The van der Waals surface area contributed by atoms with E-state index in [2.05, 4.69) is 13.8 Å². The molecule has 0 rings (SSSR count). The molecule has 0 bridgehead atoms. The zero-order valence-electron chi connectivity index (χ0n) is 18.0. The fraction of sp³-hybridized carbons (Fsp3) is 0.864. The molecule has 0 aromatic rings. The van der Waals surface area contributed by atoms with Gasteiger partial charge in [0.25, 0.3) is 0 Å². The lowest BCUT2D eigenvalue weighted by Gasteiger charge is -2.17. The first kappa shape index (κ1) is 26.4. The van der Waals surface area contributed by atoms with E-state index in [1.54, 1.807) is 6.92 Å². The molecule has 0 aromatic heterocycles. The molecule has 0 aliphatic rings. The molecule has 0 heterocycles. The van der Waals surface area contributed by atoms with Gasteiger partial charge in [-0.15, -0.1) is 0 Å². The molecular weight excluding hydrogens is 360 g/mol. The highest BCUT2D eigenvalue weighted by Gasteiger charge is 2.20. The Labute approximate surface area is 170 Å². The predicted molar refractivity (Wildman–Crippen MR) is 109 cm³/mol. The second-order valence-electron chi connectivity index (χ2n) is 8.42. The minimum Gasteiger partial charge on any atom is -0.481 e. The van der Waals surface area contributed by atoms with Crippen LogP contribution in [0.3, 0.4) is 0 Å². The smallest absolute Gasteiger partial charge is 0.307 e. The number of hydrogen-bond donors (Lipinski definition) is 2. The van der Waals surface area contributed by atoms with E-state index in [9.17, 15) is 14.4 Å². The molecule has 28 heavy (non-hydrogen) atoms. The van der Waals surface area contributed by atoms with Gasteiger partial charge in [-0.05, 0) is 24.7 Å². The maximum Gasteiger partial charge on any atom is 0.307 e. The summed E-state index contributed by atoms with van der Waals surface area (Å²) in [6.45, 7) is 6.18. The summed E-state index contributed by atoms with van der Waals surface area (Å²) < 4.78 is 5.29. The van der Waals surface area contributed by atoms with Gasteiger partial charge < -0.3 is 14.9 Å². The van der Waals surface area contributed by atoms with Crippen molar-refractivity contribution in [2.24, 2.45) is 11.8 Å². The zero-order valence-corrected chi connectivity index (χ0v) is 18.0. The number of hydrogen-bond acceptors (Lipinski definition) is 4. The Hall–Kier alpha value is -1.59. The second-order valence-corrected chi connectivity index (χ2v) is 8.42. The molecule has 0 amide bonds. The number of aliphatic carboxylic acids is 2. The van der Waals surface area contributed by atoms with Crippen molar-refractivity contribution in [2.45, 2.75) is 110 Å². The summed E-state index contributed by atoms with van der Waals surface area (Å²) >= 11 is 0. The van der Waals surface area contributed by atoms with E-state index in [0.29, 0.717) is 6.42 Å². The summed E-state index contributed by atoms with van der Waals surface area (Å²) in [5.74, 6) is -1.99. The molecule has 2 atom stereocenters. The summed E-state index contributed by atoms with van der Waals surface area (Å²) in [6.07, 6.45) is 10.2. The van der Waals surface area contributed by atoms with Crippen molar-refractivity contribution < 1.29 is 29.3 Å². The number of esters is 1. The molecule has 0 saturated heterocycles. The van der Waals surface area contributed by atoms with Crippen molar-refractivity contribution in [1.29, 1.82) is 0 Å². The number of carboxylic acid groups (broad SMARTS) is 2. The molecule has 2 N–H and O–H groups in total. The topological polar surface area (TPSA) is 101 Å². The largest absolute Gasteiger partial charge is 0.481 e. The van der Waals surface area contributed by atoms with E-state index in [1.165, 1.54) is 38.5 Å². The molecule has 0 fully saturated rings. The second kappa shape index (κ2) is 16.4. The molecular formula is C22H40O6. The highest BCUT2D eigenvalue weighted by atomic mass is 16.5. The van der Waals surface area contributed by atoms with Crippen LogP contribution in [0.15, 0.2) is 0 Å². The van der Waals surface area contributed by atoms with Gasteiger partial charge in [0.2, 0.25) is 0 Å². The van der Waals surface area contributed by atoms with Gasteiger partial charge >= 0.3 is 17.9 Å². The van der Waals surface area contributed by atoms with Crippen LogP contribution in [-0.2, 0) is 19.1 Å². The van der Waals surface area contributed by atoms with Crippen molar-refractivity contribution in [1.82, 2.24) is 0 Å². The van der Waals surface area contributed by atoms with Crippen LogP contribution in [0.1, 0.15) is 104 Å². The third kappa shape index (κ3) is 17.8. The molecule has 164 valence electrons. The van der Waals surface area contributed by atoms with Crippen molar-refractivity contribution in [3.63, 3.8) is 0 Å². The quantitative estimate of drug-likeness (QED) is 0.235. The van der Waals surface area contributed by atoms with Crippen LogP contribution < -0.4 is 0 Å². The first-order valence-corrected chi connectivity index (χ1v) is 10.8. The van der Waals surface area contributed by atoms with E-state index in [-0.39, 0.29) is 25.2 Å². The fourth-order valence-electron chi connectivity index (χ4n) is 3.27. The lowest BCUT2D eigenvalue weighted by Crippen LogP contribution is -2.23. The third-order valence-electron chi connectivity index (χ3n) is 4.80. The lowest BCUT2D eigenvalue weighted by atomic mass is 10.0. The Balaban J connectivity index is 3.93. The zero-order chi connectivity index (χ0) is 21.4. The summed E-state index contributed by atoms with van der Waals surface area (Å²) in [6, 6.07) is 0. The predicted octanol–water partition coefficient (Wildman–Crippen LogP) is 5.43. The Morgan fingerprint density at radius 1 is 0.679 bits per heavy atom. The van der Waals surface area contributed by atoms with Gasteiger partial charge in [0, 0.05) is 12.8 Å². The van der Waals surface area contributed by atoms with E-state index in [0.717, 1.165) is 25.2 Å². The van der Waals surface area contributed by atoms with Gasteiger partial charge in [-0.2, -0.15) is 0 Å². The number of ether oxygens (including phenoxy) is 1. The number of unbranched alkanes of at least 4 members (excludes halogenated alkanes) is 7. The van der Waals surface area contributed by atoms with Gasteiger partial charge in [-0.3, -0.25) is 14.4 Å². The Kier molecular flexibility index (Phi) is 15.4. The van der Waals surface area contributed by atoms with Crippen LogP contribution in [0, 0.1) is 11.8 Å². The molecule has 0 aliphatic carbocycles. The van der Waals surface area contributed by atoms with Crippen molar-refractivity contribution in [3.8, 4) is 0 Å². The van der Waals surface area contributed by atoms with Gasteiger partial charge in [0.15, 0.2) is 0 Å². The van der Waals surface area contributed by atoms with E-state index in [4.69, 9.17) is 14.9 Å². The van der Waals surface area contributed by atoms with Gasteiger partial charge in [0.05, 0.1) is 6.42 Å². The standard InChI is InChI=1S/C22H40O6/c1-17(2)12-10-8-6-4-5-7-9-11-13-19(16-21(25)26)28-22(27)15-18(3)14-20(23)24/h17-19H,4-16H2,1-3H3,(H,23,24)(H,25,26)/t18-,19+/m1/s1. The number of rotatable bonds is 18. The van der Waals surface area contributed by atoms with Crippen molar-refractivity contribution in [3.05, 3.63) is 0 Å². The number of carbonyl (C=O) groups excluding carboxylic acids is 1. The highest BCUT2D eigenvalue weighted by Crippen LogP contribution is 2.17. The Morgan fingerprint density at radius 3 is 1.61 bits per heavy atom. The summed E-state index contributed by atoms with van der Waals surface area (Å²) in [5, 5.41) is 17.7. The van der Waals surface area contributed by atoms with E-state index < -0.39 is 24.0 Å². The van der Waals surface area contributed by atoms with Crippen LogP contribution in [0.5, 0.6) is 0 Å². The summed E-state index contributed by atoms with van der Waals surface area (Å²) in [7, 11) is 0. The highest BCUT2D eigenvalue weighted by molar-refractivity contribution is 5.73. The average molecular weight is 401 g/mol. The first-order valence-electron chi connectivity index (χ1n) is 10.8. The molecule has 6 heteroatoms. The minimum atomic E-state index is -0.988. The normalized spacial score (nSPS) is 13.3. The van der Waals surface area contributed by atoms with Gasteiger partial charge in [-0.1, -0.05) is 72.1 Å². The number of carboxylic acids is 2. The molecule has 6 nitrogen and oxygen atoms in total. The van der Waals surface area contributed by atoms with E-state index >= 15 is 0 Å². The van der Waals surface area contributed by atoms with Crippen LogP contribution in [-0.4, -0.2) is 34.2 Å². The maximum absolute atomic E-state index is 11.9. The fourth-order valence-corrected chi connectivity index (χ4v) is 3.27. The SMILES string of the molecule is CC(C)CCCCCCCCCC[C@@H](CC(=O)O)OC(=O)C[C@H](C)CC(=O)O. The van der Waals surface area contributed by atoms with Crippen LogP contribution >= 0.6 is 0 Å². The molecule has 0 aromatic carbocycles. The molecule has 0 aliphatic heterocycles. The van der Waals surface area contributed by atoms with E-state index in [1.807, 2.05) is 0 Å².